The summed E-state index contributed by atoms with van der Waals surface area (Å²) in [5, 5.41) is 10.2. The Hall–Kier alpha value is -2.14. The summed E-state index contributed by atoms with van der Waals surface area (Å²) in [5.74, 6) is -0.196. The average Bonchev–Trinajstić information content (AvgIpc) is 2.83. The van der Waals surface area contributed by atoms with Crippen molar-refractivity contribution in [3.63, 3.8) is 0 Å². The molecular weight excluding hydrogens is 244 g/mol. The first kappa shape index (κ1) is 11.9. The van der Waals surface area contributed by atoms with E-state index in [1.807, 2.05) is 18.2 Å². The number of likely N-dealkylation sites (tertiary alicyclic amines) is 1. The van der Waals surface area contributed by atoms with Crippen molar-refractivity contribution in [1.29, 1.82) is 0 Å². The van der Waals surface area contributed by atoms with Crippen LogP contribution in [-0.4, -0.2) is 40.1 Å². The van der Waals surface area contributed by atoms with Gasteiger partial charge in [0.05, 0.1) is 11.7 Å². The zero-order valence-corrected chi connectivity index (χ0v) is 10.3. The summed E-state index contributed by atoms with van der Waals surface area (Å²) < 4.78 is 0. The number of rotatable bonds is 1. The Morgan fingerprint density at radius 3 is 2.89 bits per heavy atom. The molecule has 19 heavy (non-hydrogen) atoms. The number of amides is 1. The third-order valence-corrected chi connectivity index (χ3v) is 3.43. The maximum Gasteiger partial charge on any atom is 0.254 e. The molecule has 1 aromatic heterocycles. The van der Waals surface area contributed by atoms with Crippen LogP contribution in [0.15, 0.2) is 35.1 Å². The Balaban J connectivity index is 2.09. The Kier molecular flexibility index (Phi) is 2.83. The molecule has 1 aliphatic rings. The summed E-state index contributed by atoms with van der Waals surface area (Å²) in [5.41, 5.74) is 0.758. The van der Waals surface area contributed by atoms with Gasteiger partial charge in [0.1, 0.15) is 0 Å². The van der Waals surface area contributed by atoms with Crippen molar-refractivity contribution in [3.05, 3.63) is 46.2 Å². The number of aliphatic hydroxyl groups excluding tert-OH is 1. The van der Waals surface area contributed by atoms with E-state index in [9.17, 15) is 14.7 Å². The zero-order valence-electron chi connectivity index (χ0n) is 10.3. The minimum atomic E-state index is -0.461. The highest BCUT2D eigenvalue weighted by Gasteiger charge is 2.26. The van der Waals surface area contributed by atoms with E-state index in [0.29, 0.717) is 30.6 Å². The molecule has 5 nitrogen and oxygen atoms in total. The van der Waals surface area contributed by atoms with Crippen LogP contribution in [0.25, 0.3) is 10.9 Å². The topological polar surface area (TPSA) is 73.4 Å². The summed E-state index contributed by atoms with van der Waals surface area (Å²) in [6, 6.07) is 8.55. The van der Waals surface area contributed by atoms with Gasteiger partial charge in [0.15, 0.2) is 0 Å². The van der Waals surface area contributed by atoms with Gasteiger partial charge in [0.2, 0.25) is 5.56 Å². The number of aliphatic hydroxyl groups is 1. The lowest BCUT2D eigenvalue weighted by molar-refractivity contribution is 0.0766. The number of carbonyl (C=O) groups excluding carboxylic acids is 1. The molecule has 2 aromatic rings. The molecule has 1 aliphatic heterocycles. The van der Waals surface area contributed by atoms with E-state index < -0.39 is 6.10 Å². The molecule has 1 aromatic carbocycles. The van der Waals surface area contributed by atoms with E-state index >= 15 is 0 Å². The molecule has 0 aliphatic carbocycles. The average molecular weight is 258 g/mol. The van der Waals surface area contributed by atoms with Crippen LogP contribution in [0.4, 0.5) is 0 Å². The summed E-state index contributed by atoms with van der Waals surface area (Å²) in [4.78, 5) is 28.3. The summed E-state index contributed by atoms with van der Waals surface area (Å²) in [6.45, 7) is 0.862. The second kappa shape index (κ2) is 4.51. The van der Waals surface area contributed by atoms with Crippen molar-refractivity contribution in [2.24, 2.45) is 0 Å². The number of benzene rings is 1. The van der Waals surface area contributed by atoms with Gasteiger partial charge in [-0.25, -0.2) is 0 Å². The van der Waals surface area contributed by atoms with Crippen LogP contribution >= 0.6 is 0 Å². The lowest BCUT2D eigenvalue weighted by Crippen LogP contribution is -2.30. The van der Waals surface area contributed by atoms with Crippen molar-refractivity contribution in [1.82, 2.24) is 9.88 Å². The van der Waals surface area contributed by atoms with E-state index in [-0.39, 0.29) is 11.5 Å². The number of nitrogens with one attached hydrogen (secondary N) is 1. The molecule has 0 radical (unpaired) electrons. The van der Waals surface area contributed by atoms with Crippen LogP contribution in [0.3, 0.4) is 0 Å². The van der Waals surface area contributed by atoms with Gasteiger partial charge in [-0.05, 0) is 12.5 Å². The van der Waals surface area contributed by atoms with E-state index in [1.165, 1.54) is 6.07 Å². The standard InChI is InChI=1S/C14H14N2O3/c17-9-5-6-16(8-9)14(19)11-7-13(18)15-12-4-2-1-3-10(11)12/h1-4,7,9,17H,5-6,8H2,(H,15,18)/t9-/m1/s1. The van der Waals surface area contributed by atoms with Crippen molar-refractivity contribution in [2.45, 2.75) is 12.5 Å². The van der Waals surface area contributed by atoms with Gasteiger partial charge in [0, 0.05) is 30.1 Å². The first-order chi connectivity index (χ1) is 9.15. The number of β-amino-alcohol motifs (C(OH)–C–C–N with tert-alkyl or cyclic N) is 1. The van der Waals surface area contributed by atoms with Crippen LogP contribution in [0, 0.1) is 0 Å². The van der Waals surface area contributed by atoms with E-state index in [4.69, 9.17) is 0 Å². The van der Waals surface area contributed by atoms with Gasteiger partial charge in [0.25, 0.3) is 5.91 Å². The Morgan fingerprint density at radius 2 is 2.16 bits per heavy atom. The third kappa shape index (κ3) is 2.13. The Labute approximate surface area is 109 Å². The summed E-state index contributed by atoms with van der Waals surface area (Å²) in [6.07, 6.45) is 0.129. The fourth-order valence-electron chi connectivity index (χ4n) is 2.48. The minimum Gasteiger partial charge on any atom is -0.391 e. The number of aromatic nitrogens is 1. The fraction of sp³-hybridized carbons (Fsp3) is 0.286. The van der Waals surface area contributed by atoms with Gasteiger partial charge in [-0.2, -0.15) is 0 Å². The molecule has 0 bridgehead atoms. The Bertz CT molecular complexity index is 692. The van der Waals surface area contributed by atoms with Crippen molar-refractivity contribution in [2.75, 3.05) is 13.1 Å². The monoisotopic (exact) mass is 258 g/mol. The molecule has 1 saturated heterocycles. The first-order valence-corrected chi connectivity index (χ1v) is 6.24. The highest BCUT2D eigenvalue weighted by atomic mass is 16.3. The molecule has 98 valence electrons. The van der Waals surface area contributed by atoms with Crippen LogP contribution in [0.1, 0.15) is 16.8 Å². The highest BCUT2D eigenvalue weighted by molar-refractivity contribution is 6.06. The first-order valence-electron chi connectivity index (χ1n) is 6.24. The predicted molar refractivity (Wildman–Crippen MR) is 71.1 cm³/mol. The summed E-state index contributed by atoms with van der Waals surface area (Å²) in [7, 11) is 0. The van der Waals surface area contributed by atoms with Gasteiger partial charge in [-0.3, -0.25) is 9.59 Å². The molecule has 1 atom stereocenters. The molecule has 2 N–H and O–H groups in total. The van der Waals surface area contributed by atoms with Crippen LogP contribution in [0.2, 0.25) is 0 Å². The minimum absolute atomic E-state index is 0.196. The number of nitrogens with zero attached hydrogens (tertiary/aromatic N) is 1. The van der Waals surface area contributed by atoms with E-state index in [1.54, 1.807) is 11.0 Å². The molecule has 0 spiro atoms. The van der Waals surface area contributed by atoms with Crippen LogP contribution in [0.5, 0.6) is 0 Å². The maximum atomic E-state index is 12.4. The largest absolute Gasteiger partial charge is 0.391 e. The number of para-hydroxylation sites is 1. The van der Waals surface area contributed by atoms with E-state index in [2.05, 4.69) is 4.98 Å². The molecule has 2 heterocycles. The van der Waals surface area contributed by atoms with Gasteiger partial charge >= 0.3 is 0 Å². The smallest absolute Gasteiger partial charge is 0.254 e. The molecule has 1 amide bonds. The van der Waals surface area contributed by atoms with Crippen LogP contribution in [-0.2, 0) is 0 Å². The molecule has 3 rings (SSSR count). The molecule has 0 unspecified atom stereocenters. The highest BCUT2D eigenvalue weighted by Crippen LogP contribution is 2.19. The number of aromatic amines is 1. The zero-order chi connectivity index (χ0) is 13.4. The second-order valence-corrected chi connectivity index (χ2v) is 4.79. The Morgan fingerprint density at radius 1 is 1.37 bits per heavy atom. The van der Waals surface area contributed by atoms with Crippen LogP contribution < -0.4 is 5.56 Å². The lowest BCUT2D eigenvalue weighted by atomic mass is 10.1. The predicted octanol–water partition coefficient (Wildman–Crippen LogP) is 0.735. The number of hydrogen-bond donors (Lipinski definition) is 2. The third-order valence-electron chi connectivity index (χ3n) is 3.43. The lowest BCUT2D eigenvalue weighted by Gasteiger charge is -2.16. The quantitative estimate of drug-likeness (QED) is 0.792. The van der Waals surface area contributed by atoms with Crippen molar-refractivity contribution in [3.8, 4) is 0 Å². The normalized spacial score (nSPS) is 19.0. The molecular formula is C14H14N2O3. The van der Waals surface area contributed by atoms with Gasteiger partial charge in [-0.15, -0.1) is 0 Å². The van der Waals surface area contributed by atoms with Gasteiger partial charge < -0.3 is 15.0 Å². The summed E-state index contributed by atoms with van der Waals surface area (Å²) >= 11 is 0. The number of pyridine rings is 1. The maximum absolute atomic E-state index is 12.4. The molecule has 5 heteroatoms. The number of fused-ring (bicyclic) bond motifs is 1. The molecule has 0 saturated carbocycles. The fourth-order valence-corrected chi connectivity index (χ4v) is 2.48. The van der Waals surface area contributed by atoms with Crippen molar-refractivity contribution < 1.29 is 9.90 Å². The molecule has 1 fully saturated rings. The number of H-pyrrole nitrogens is 1. The number of hydrogen-bond acceptors (Lipinski definition) is 3. The second-order valence-electron chi connectivity index (χ2n) is 4.79. The number of carbonyl (C=O) groups is 1. The van der Waals surface area contributed by atoms with Gasteiger partial charge in [-0.1, -0.05) is 18.2 Å². The SMILES string of the molecule is O=C(c1cc(=O)[nH]c2ccccc12)N1CC[C@@H](O)C1. The van der Waals surface area contributed by atoms with Crippen molar-refractivity contribution >= 4 is 16.8 Å². The van der Waals surface area contributed by atoms with E-state index in [0.717, 1.165) is 5.39 Å².